The second-order valence-corrected chi connectivity index (χ2v) is 6.00. The molecule has 0 aliphatic carbocycles. The molecule has 1 aromatic heterocycles. The number of oxazole rings is 1. The highest BCUT2D eigenvalue weighted by Crippen LogP contribution is 2.18. The van der Waals surface area contributed by atoms with Gasteiger partial charge in [-0.05, 0) is 37.5 Å². The predicted octanol–water partition coefficient (Wildman–Crippen LogP) is 3.40. The van der Waals surface area contributed by atoms with Gasteiger partial charge < -0.3 is 9.73 Å². The van der Waals surface area contributed by atoms with Crippen molar-refractivity contribution in [2.45, 2.75) is 26.2 Å². The zero-order valence-electron chi connectivity index (χ0n) is 13.8. The van der Waals surface area contributed by atoms with E-state index in [1.54, 1.807) is 25.2 Å². The third-order valence-electron chi connectivity index (χ3n) is 4.07. The van der Waals surface area contributed by atoms with Gasteiger partial charge in [-0.1, -0.05) is 29.8 Å². The van der Waals surface area contributed by atoms with Crippen LogP contribution in [-0.2, 0) is 18.3 Å². The molecule has 5 heteroatoms. The second-order valence-electron chi connectivity index (χ2n) is 6.00. The molecule has 0 aliphatic heterocycles. The Labute approximate surface area is 139 Å². The first-order valence-corrected chi connectivity index (χ1v) is 7.98. The lowest BCUT2D eigenvalue weighted by atomic mass is 10.1. The van der Waals surface area contributed by atoms with E-state index in [1.165, 1.54) is 15.7 Å². The Balaban J connectivity index is 1.56. The van der Waals surface area contributed by atoms with E-state index < -0.39 is 5.76 Å². The first-order valence-electron chi connectivity index (χ1n) is 7.98. The Hall–Kier alpha value is -2.82. The number of nitrogens with zero attached hydrogens (tertiary/aromatic N) is 1. The number of aryl methyl sites for hydroxylation is 3. The van der Waals surface area contributed by atoms with Crippen LogP contribution in [0.25, 0.3) is 11.1 Å². The summed E-state index contributed by atoms with van der Waals surface area (Å²) in [7, 11) is 1.65. The van der Waals surface area contributed by atoms with Crippen molar-refractivity contribution in [1.29, 1.82) is 0 Å². The van der Waals surface area contributed by atoms with Gasteiger partial charge in [-0.3, -0.25) is 9.36 Å². The molecule has 0 fully saturated rings. The number of benzene rings is 2. The largest absolute Gasteiger partial charge is 0.419 e. The first kappa shape index (κ1) is 16.1. The van der Waals surface area contributed by atoms with Gasteiger partial charge in [0.1, 0.15) is 0 Å². The summed E-state index contributed by atoms with van der Waals surface area (Å²) in [5, 5.41) is 2.85. The van der Waals surface area contributed by atoms with Crippen LogP contribution >= 0.6 is 0 Å². The summed E-state index contributed by atoms with van der Waals surface area (Å²) < 4.78 is 6.56. The SMILES string of the molecule is Cc1ccc(CCCC(=O)Nc2ccc3c(c2)oc(=O)n3C)cc1. The molecular formula is C19H20N2O3. The molecule has 124 valence electrons. The molecular weight excluding hydrogens is 304 g/mol. The molecule has 1 amide bonds. The van der Waals surface area contributed by atoms with Crippen LogP contribution in [0.4, 0.5) is 5.69 Å². The van der Waals surface area contributed by atoms with Crippen LogP contribution in [0.5, 0.6) is 0 Å². The molecule has 0 saturated carbocycles. The summed E-state index contributed by atoms with van der Waals surface area (Å²) in [4.78, 5) is 23.5. The van der Waals surface area contributed by atoms with E-state index in [0.717, 1.165) is 12.8 Å². The topological polar surface area (TPSA) is 64.2 Å². The fraction of sp³-hybridized carbons (Fsp3) is 0.263. The Morgan fingerprint density at radius 3 is 2.67 bits per heavy atom. The molecule has 0 atom stereocenters. The van der Waals surface area contributed by atoms with Crippen molar-refractivity contribution < 1.29 is 9.21 Å². The third-order valence-corrected chi connectivity index (χ3v) is 4.07. The van der Waals surface area contributed by atoms with E-state index in [1.807, 2.05) is 0 Å². The zero-order valence-corrected chi connectivity index (χ0v) is 13.8. The van der Waals surface area contributed by atoms with Gasteiger partial charge in [-0.15, -0.1) is 0 Å². The highest BCUT2D eigenvalue weighted by Gasteiger charge is 2.08. The maximum atomic E-state index is 12.1. The molecule has 5 nitrogen and oxygen atoms in total. The van der Waals surface area contributed by atoms with Gasteiger partial charge >= 0.3 is 5.76 Å². The van der Waals surface area contributed by atoms with Gasteiger partial charge in [-0.25, -0.2) is 4.79 Å². The second kappa shape index (κ2) is 6.74. The predicted molar refractivity (Wildman–Crippen MR) is 94.2 cm³/mol. The number of amides is 1. The van der Waals surface area contributed by atoms with E-state index in [9.17, 15) is 9.59 Å². The van der Waals surface area contributed by atoms with Gasteiger partial charge in [-0.2, -0.15) is 0 Å². The minimum Gasteiger partial charge on any atom is -0.408 e. The summed E-state index contributed by atoms with van der Waals surface area (Å²) in [6.45, 7) is 2.06. The third kappa shape index (κ3) is 3.56. The average molecular weight is 324 g/mol. The van der Waals surface area contributed by atoms with Crippen LogP contribution in [0.15, 0.2) is 51.7 Å². The van der Waals surface area contributed by atoms with E-state index >= 15 is 0 Å². The van der Waals surface area contributed by atoms with Gasteiger partial charge in [0, 0.05) is 25.2 Å². The van der Waals surface area contributed by atoms with Crippen LogP contribution < -0.4 is 11.1 Å². The van der Waals surface area contributed by atoms with Crippen molar-refractivity contribution in [3.8, 4) is 0 Å². The van der Waals surface area contributed by atoms with Crippen LogP contribution in [0.2, 0.25) is 0 Å². The van der Waals surface area contributed by atoms with Crippen LogP contribution in [0, 0.1) is 6.92 Å². The number of hydrogen-bond donors (Lipinski definition) is 1. The molecule has 0 bridgehead atoms. The van der Waals surface area contributed by atoms with Gasteiger partial charge in [0.25, 0.3) is 0 Å². The Bertz CT molecular complexity index is 920. The number of fused-ring (bicyclic) bond motifs is 1. The summed E-state index contributed by atoms with van der Waals surface area (Å²) in [6, 6.07) is 13.6. The van der Waals surface area contributed by atoms with Crippen LogP contribution in [-0.4, -0.2) is 10.5 Å². The molecule has 0 aliphatic rings. The maximum absolute atomic E-state index is 12.1. The van der Waals surface area contributed by atoms with E-state index in [4.69, 9.17) is 4.42 Å². The van der Waals surface area contributed by atoms with Crippen molar-refractivity contribution in [3.63, 3.8) is 0 Å². The van der Waals surface area contributed by atoms with Gasteiger partial charge in [0.2, 0.25) is 5.91 Å². The highest BCUT2D eigenvalue weighted by atomic mass is 16.4. The van der Waals surface area contributed by atoms with Crippen molar-refractivity contribution >= 4 is 22.7 Å². The average Bonchev–Trinajstić information content (AvgIpc) is 2.83. The molecule has 3 aromatic rings. The number of aromatic nitrogens is 1. The summed E-state index contributed by atoms with van der Waals surface area (Å²) in [5.41, 5.74) is 4.29. The fourth-order valence-corrected chi connectivity index (χ4v) is 2.64. The standard InChI is InChI=1S/C19H20N2O3/c1-13-6-8-14(9-7-13)4-3-5-18(22)20-15-10-11-16-17(12-15)24-19(23)21(16)2/h6-12H,3-5H2,1-2H3,(H,20,22). The van der Waals surface area contributed by atoms with E-state index in [0.29, 0.717) is 23.2 Å². The van der Waals surface area contributed by atoms with Crippen LogP contribution in [0.3, 0.4) is 0 Å². The fourth-order valence-electron chi connectivity index (χ4n) is 2.64. The Morgan fingerprint density at radius 1 is 1.17 bits per heavy atom. The van der Waals surface area contributed by atoms with Crippen molar-refractivity contribution in [2.24, 2.45) is 7.05 Å². The van der Waals surface area contributed by atoms with Gasteiger partial charge in [0.15, 0.2) is 5.58 Å². The van der Waals surface area contributed by atoms with Crippen molar-refractivity contribution in [2.75, 3.05) is 5.32 Å². The molecule has 0 unspecified atom stereocenters. The van der Waals surface area contributed by atoms with E-state index in [-0.39, 0.29) is 5.91 Å². The van der Waals surface area contributed by atoms with Crippen molar-refractivity contribution in [1.82, 2.24) is 4.57 Å². The smallest absolute Gasteiger partial charge is 0.408 e. The highest BCUT2D eigenvalue weighted by molar-refractivity contribution is 5.92. The molecule has 24 heavy (non-hydrogen) atoms. The van der Waals surface area contributed by atoms with Crippen molar-refractivity contribution in [3.05, 3.63) is 64.1 Å². The summed E-state index contributed by atoms with van der Waals surface area (Å²) in [5.74, 6) is -0.452. The van der Waals surface area contributed by atoms with Gasteiger partial charge in [0.05, 0.1) is 5.52 Å². The lowest BCUT2D eigenvalue weighted by Gasteiger charge is -2.06. The number of carbonyl (C=O) groups is 1. The Kier molecular flexibility index (Phi) is 4.51. The normalized spacial score (nSPS) is 10.9. The molecule has 1 N–H and O–H groups in total. The molecule has 3 rings (SSSR count). The lowest BCUT2D eigenvalue weighted by Crippen LogP contribution is -2.11. The number of nitrogens with one attached hydrogen (secondary N) is 1. The number of hydrogen-bond acceptors (Lipinski definition) is 3. The zero-order chi connectivity index (χ0) is 17.1. The number of rotatable bonds is 5. The molecule has 0 saturated heterocycles. The Morgan fingerprint density at radius 2 is 1.92 bits per heavy atom. The minimum absolute atomic E-state index is 0.0419. The molecule has 2 aromatic carbocycles. The number of carbonyl (C=O) groups excluding carboxylic acids is 1. The molecule has 0 spiro atoms. The lowest BCUT2D eigenvalue weighted by molar-refractivity contribution is -0.116. The first-order chi connectivity index (χ1) is 11.5. The van der Waals surface area contributed by atoms with E-state index in [2.05, 4.69) is 36.5 Å². The van der Waals surface area contributed by atoms with Crippen LogP contribution in [0.1, 0.15) is 24.0 Å². The maximum Gasteiger partial charge on any atom is 0.419 e. The monoisotopic (exact) mass is 324 g/mol. The minimum atomic E-state index is -0.411. The molecule has 0 radical (unpaired) electrons. The molecule has 1 heterocycles. The number of anilines is 1. The quantitative estimate of drug-likeness (QED) is 0.782. The summed E-state index contributed by atoms with van der Waals surface area (Å²) in [6.07, 6.45) is 2.11. The summed E-state index contributed by atoms with van der Waals surface area (Å²) >= 11 is 0.